The quantitative estimate of drug-likeness (QED) is 0.646. The summed E-state index contributed by atoms with van der Waals surface area (Å²) in [4.78, 5) is 0. The van der Waals surface area contributed by atoms with Gasteiger partial charge < -0.3 is 5.11 Å². The molecule has 0 aliphatic heterocycles. The minimum absolute atomic E-state index is 0.335. The molecule has 0 amide bonds. The average Bonchev–Trinajstić information content (AvgIpc) is 2.08. The van der Waals surface area contributed by atoms with Crippen molar-refractivity contribution < 1.29 is 5.11 Å². The lowest BCUT2D eigenvalue weighted by Gasteiger charge is -1.94. The van der Waals surface area contributed by atoms with Crippen molar-refractivity contribution in [1.82, 2.24) is 0 Å². The molecule has 0 radical (unpaired) electrons. The van der Waals surface area contributed by atoms with Crippen LogP contribution in [0.4, 0.5) is 0 Å². The van der Waals surface area contributed by atoms with Crippen LogP contribution >= 0.6 is 0 Å². The molecule has 1 aromatic rings. The van der Waals surface area contributed by atoms with E-state index in [1.807, 2.05) is 31.2 Å². The maximum Gasteiger partial charge on any atom is 0.0621 e. The molecule has 0 saturated heterocycles. The van der Waals surface area contributed by atoms with E-state index in [0.717, 1.165) is 5.56 Å². The molecule has 0 saturated carbocycles. The molecule has 68 valence electrons. The summed E-state index contributed by atoms with van der Waals surface area (Å²) in [6.07, 6.45) is 0.200. The normalized spacial score (nSPS) is 11.6. The molecule has 1 N–H and O–H groups in total. The zero-order chi connectivity index (χ0) is 9.68. The van der Waals surface area contributed by atoms with Crippen molar-refractivity contribution in [3.05, 3.63) is 35.4 Å². The van der Waals surface area contributed by atoms with Gasteiger partial charge in [-0.25, -0.2) is 0 Å². The monoisotopic (exact) mass is 174 g/mol. The maximum absolute atomic E-state index is 8.97. The van der Waals surface area contributed by atoms with Crippen LogP contribution in [0.5, 0.6) is 0 Å². The fraction of sp³-hybridized carbons (Fsp3) is 0.333. The highest BCUT2D eigenvalue weighted by Crippen LogP contribution is 2.01. The van der Waals surface area contributed by atoms with Gasteiger partial charge in [0.15, 0.2) is 0 Å². The van der Waals surface area contributed by atoms with Gasteiger partial charge >= 0.3 is 0 Å². The van der Waals surface area contributed by atoms with Crippen LogP contribution in [0.2, 0.25) is 0 Å². The van der Waals surface area contributed by atoms with Gasteiger partial charge in [-0.2, -0.15) is 0 Å². The van der Waals surface area contributed by atoms with Gasteiger partial charge in [-0.1, -0.05) is 29.5 Å². The first kappa shape index (κ1) is 9.83. The Morgan fingerprint density at radius 3 is 2.46 bits per heavy atom. The Hall–Kier alpha value is -1.26. The van der Waals surface area contributed by atoms with E-state index in [4.69, 9.17) is 5.11 Å². The first-order valence-electron chi connectivity index (χ1n) is 4.42. The molecule has 0 aliphatic carbocycles. The number of hydrogen-bond acceptors (Lipinski definition) is 1. The molecule has 0 fully saturated rings. The zero-order valence-electron chi connectivity index (χ0n) is 8.04. The Bertz CT molecular complexity index is 311. The van der Waals surface area contributed by atoms with Crippen LogP contribution in [0, 0.1) is 18.8 Å². The highest BCUT2D eigenvalue weighted by atomic mass is 16.3. The number of hydrogen-bond donors (Lipinski definition) is 1. The molecule has 1 rings (SSSR count). The fourth-order valence-electron chi connectivity index (χ4n) is 0.938. The molecule has 0 aliphatic rings. The minimum atomic E-state index is -0.335. The molecular formula is C12H14O. The molecule has 1 heteroatoms. The largest absolute Gasteiger partial charge is 0.392 e. The average molecular weight is 174 g/mol. The van der Waals surface area contributed by atoms with Crippen LogP contribution < -0.4 is 0 Å². The Balaban J connectivity index is 2.62. The van der Waals surface area contributed by atoms with Crippen molar-refractivity contribution in [1.29, 1.82) is 0 Å². The molecule has 13 heavy (non-hydrogen) atoms. The third-order valence-electron chi connectivity index (χ3n) is 1.68. The van der Waals surface area contributed by atoms with Crippen molar-refractivity contribution in [3.8, 4) is 11.8 Å². The first-order valence-corrected chi connectivity index (χ1v) is 4.42. The maximum atomic E-state index is 8.97. The molecule has 0 heterocycles. The van der Waals surface area contributed by atoms with Gasteiger partial charge in [-0.05, 0) is 26.0 Å². The van der Waals surface area contributed by atoms with Crippen LogP contribution in [0.15, 0.2) is 24.3 Å². The predicted octanol–water partition coefficient (Wildman–Crippen LogP) is 2.12. The highest BCUT2D eigenvalue weighted by Gasteiger charge is 1.89. The van der Waals surface area contributed by atoms with Gasteiger partial charge in [-0.3, -0.25) is 0 Å². The topological polar surface area (TPSA) is 20.2 Å². The van der Waals surface area contributed by atoms with Gasteiger partial charge in [0.2, 0.25) is 0 Å². The lowest BCUT2D eigenvalue weighted by atomic mass is 10.1. The van der Waals surface area contributed by atoms with E-state index in [-0.39, 0.29) is 6.10 Å². The molecule has 1 nitrogen and oxygen atoms in total. The van der Waals surface area contributed by atoms with Gasteiger partial charge in [0.1, 0.15) is 0 Å². The molecular weight excluding hydrogens is 160 g/mol. The number of rotatable bonds is 1. The van der Waals surface area contributed by atoms with Gasteiger partial charge in [0.05, 0.1) is 6.10 Å². The summed E-state index contributed by atoms with van der Waals surface area (Å²) in [5, 5.41) is 8.97. The summed E-state index contributed by atoms with van der Waals surface area (Å²) in [7, 11) is 0. The van der Waals surface area contributed by atoms with Crippen LogP contribution in [-0.2, 0) is 0 Å². The number of benzene rings is 1. The van der Waals surface area contributed by atoms with Crippen LogP contribution in [0.3, 0.4) is 0 Å². The van der Waals surface area contributed by atoms with Crippen LogP contribution in [0.25, 0.3) is 0 Å². The first-order chi connectivity index (χ1) is 6.18. The van der Waals surface area contributed by atoms with Gasteiger partial charge in [0.25, 0.3) is 0 Å². The Morgan fingerprint density at radius 1 is 1.31 bits per heavy atom. The molecule has 1 aromatic carbocycles. The van der Waals surface area contributed by atoms with E-state index in [0.29, 0.717) is 6.42 Å². The molecule has 0 aromatic heterocycles. The summed E-state index contributed by atoms with van der Waals surface area (Å²) in [5.41, 5.74) is 2.24. The van der Waals surface area contributed by atoms with E-state index in [1.54, 1.807) is 6.92 Å². The zero-order valence-corrected chi connectivity index (χ0v) is 8.04. The van der Waals surface area contributed by atoms with Crippen molar-refractivity contribution in [2.45, 2.75) is 26.4 Å². The minimum Gasteiger partial charge on any atom is -0.392 e. The summed E-state index contributed by atoms with van der Waals surface area (Å²) in [6, 6.07) is 8.05. The molecule has 0 unspecified atom stereocenters. The number of aliphatic hydroxyl groups is 1. The third-order valence-corrected chi connectivity index (χ3v) is 1.68. The second-order valence-electron chi connectivity index (χ2n) is 3.22. The fourth-order valence-corrected chi connectivity index (χ4v) is 0.938. The van der Waals surface area contributed by atoms with Crippen molar-refractivity contribution in [3.63, 3.8) is 0 Å². The van der Waals surface area contributed by atoms with Gasteiger partial charge in [-0.15, -0.1) is 0 Å². The second kappa shape index (κ2) is 4.69. The van der Waals surface area contributed by atoms with Crippen molar-refractivity contribution in [2.24, 2.45) is 0 Å². The third kappa shape index (κ3) is 3.78. The lowest BCUT2D eigenvalue weighted by molar-refractivity contribution is 0.201. The van der Waals surface area contributed by atoms with Gasteiger partial charge in [0, 0.05) is 12.0 Å². The summed E-state index contributed by atoms with van der Waals surface area (Å²) in [5.74, 6) is 5.91. The highest BCUT2D eigenvalue weighted by molar-refractivity contribution is 5.35. The van der Waals surface area contributed by atoms with Crippen molar-refractivity contribution >= 4 is 0 Å². The number of aliphatic hydroxyl groups excluding tert-OH is 1. The SMILES string of the molecule is Cc1ccc(C#CC[C@@H](C)O)cc1. The van der Waals surface area contributed by atoms with Crippen LogP contribution in [-0.4, -0.2) is 11.2 Å². The summed E-state index contributed by atoms with van der Waals surface area (Å²) >= 11 is 0. The smallest absolute Gasteiger partial charge is 0.0621 e. The van der Waals surface area contributed by atoms with Crippen LogP contribution in [0.1, 0.15) is 24.5 Å². The summed E-state index contributed by atoms with van der Waals surface area (Å²) in [6.45, 7) is 3.79. The van der Waals surface area contributed by atoms with E-state index in [9.17, 15) is 0 Å². The molecule has 0 bridgehead atoms. The van der Waals surface area contributed by atoms with E-state index in [2.05, 4.69) is 11.8 Å². The Morgan fingerprint density at radius 2 is 1.92 bits per heavy atom. The molecule has 1 atom stereocenters. The second-order valence-corrected chi connectivity index (χ2v) is 3.22. The standard InChI is InChI=1S/C12H14O/c1-10-6-8-12(9-7-10)5-3-4-11(2)13/h6-9,11,13H,4H2,1-2H3/t11-/m1/s1. The Labute approximate surface area is 79.4 Å². The Kier molecular flexibility index (Phi) is 3.54. The van der Waals surface area contributed by atoms with Crippen molar-refractivity contribution in [2.75, 3.05) is 0 Å². The summed E-state index contributed by atoms with van der Waals surface area (Å²) < 4.78 is 0. The predicted molar refractivity (Wildman–Crippen MR) is 54.4 cm³/mol. The number of aryl methyl sites for hydroxylation is 1. The molecule has 0 spiro atoms. The van der Waals surface area contributed by atoms with E-state index < -0.39 is 0 Å². The van der Waals surface area contributed by atoms with E-state index in [1.165, 1.54) is 5.56 Å². The van der Waals surface area contributed by atoms with E-state index >= 15 is 0 Å². The lowest BCUT2D eigenvalue weighted by Crippen LogP contribution is -1.95.